The van der Waals surface area contributed by atoms with Crippen molar-refractivity contribution in [2.75, 3.05) is 11.0 Å². The highest BCUT2D eigenvalue weighted by Gasteiger charge is 2.56. The van der Waals surface area contributed by atoms with Crippen LogP contribution in [-0.4, -0.2) is 26.8 Å². The molecule has 2 aromatic rings. The number of anilines is 1. The molecule has 1 aliphatic carbocycles. The first-order valence-electron chi connectivity index (χ1n) is 11.0. The van der Waals surface area contributed by atoms with Crippen LogP contribution in [0.1, 0.15) is 62.4 Å². The number of rotatable bonds is 7. The summed E-state index contributed by atoms with van der Waals surface area (Å²) in [6, 6.07) is 11.3. The van der Waals surface area contributed by atoms with Crippen LogP contribution in [-0.2, 0) is 25.6 Å². The summed E-state index contributed by atoms with van der Waals surface area (Å²) in [6.07, 6.45) is -2.65. The molecule has 9 heteroatoms. The van der Waals surface area contributed by atoms with Crippen LogP contribution in [0.3, 0.4) is 0 Å². The van der Waals surface area contributed by atoms with Crippen molar-refractivity contribution >= 4 is 21.6 Å². The molecular weight excluding hydrogens is 465 g/mol. The van der Waals surface area contributed by atoms with Crippen LogP contribution in [0, 0.1) is 12.8 Å². The molecule has 1 aliphatic rings. The average molecular weight is 497 g/mol. The number of alkyl halides is 3. The van der Waals surface area contributed by atoms with Gasteiger partial charge in [-0.15, -0.1) is 0 Å². The molecular formula is C25H31F3N2O3S. The van der Waals surface area contributed by atoms with Crippen molar-refractivity contribution in [2.45, 2.75) is 64.1 Å². The molecule has 3 atom stereocenters. The second kappa shape index (κ2) is 8.59. The van der Waals surface area contributed by atoms with Crippen molar-refractivity contribution < 1.29 is 26.4 Å². The summed E-state index contributed by atoms with van der Waals surface area (Å²) in [5, 5.41) is 3.01. The maximum absolute atomic E-state index is 13.3. The molecule has 1 fully saturated rings. The summed E-state index contributed by atoms with van der Waals surface area (Å²) in [5.74, 6) is -0.394. The minimum absolute atomic E-state index is 0.120. The lowest BCUT2D eigenvalue weighted by atomic mass is 9.82. The van der Waals surface area contributed by atoms with Gasteiger partial charge >= 0.3 is 6.18 Å². The van der Waals surface area contributed by atoms with Crippen LogP contribution in [0.4, 0.5) is 18.9 Å². The summed E-state index contributed by atoms with van der Waals surface area (Å²) < 4.78 is 65.4. The number of nitrogens with one attached hydrogen (secondary N) is 2. The van der Waals surface area contributed by atoms with Crippen molar-refractivity contribution in [3.63, 3.8) is 0 Å². The minimum atomic E-state index is -4.35. The first-order chi connectivity index (χ1) is 15.5. The Bertz CT molecular complexity index is 1190. The number of carbonyl (C=O) groups is 1. The van der Waals surface area contributed by atoms with Gasteiger partial charge in [0, 0.05) is 11.3 Å². The maximum Gasteiger partial charge on any atom is 0.397 e. The zero-order chi connectivity index (χ0) is 25.7. The van der Waals surface area contributed by atoms with Crippen LogP contribution in [0.2, 0.25) is 0 Å². The van der Waals surface area contributed by atoms with Crippen LogP contribution in [0.25, 0.3) is 0 Å². The van der Waals surface area contributed by atoms with Gasteiger partial charge in [-0.2, -0.15) is 13.2 Å². The van der Waals surface area contributed by atoms with E-state index in [0.717, 1.165) is 36.8 Å². The minimum Gasteiger partial charge on any atom is -0.349 e. The molecule has 3 unspecified atom stereocenters. The zero-order valence-electron chi connectivity index (χ0n) is 20.2. The SMILES string of the molecule is Cc1cc(C(C)NC(=O)C2CC2(C)c2ccc(C(C)(C)C(F)(F)F)cc2)ccc1NS(C)(=O)=O. The lowest BCUT2D eigenvalue weighted by molar-refractivity contribution is -0.180. The van der Waals surface area contributed by atoms with Gasteiger partial charge in [0.05, 0.1) is 23.4 Å². The summed E-state index contributed by atoms with van der Waals surface area (Å²) in [4.78, 5) is 12.9. The largest absolute Gasteiger partial charge is 0.397 e. The van der Waals surface area contributed by atoms with Crippen molar-refractivity contribution in [3.05, 3.63) is 64.7 Å². The molecule has 1 saturated carbocycles. The van der Waals surface area contributed by atoms with E-state index in [9.17, 15) is 26.4 Å². The van der Waals surface area contributed by atoms with Gasteiger partial charge < -0.3 is 5.32 Å². The number of aryl methyl sites for hydroxylation is 1. The molecule has 2 aromatic carbocycles. The number of sulfonamides is 1. The van der Waals surface area contributed by atoms with E-state index in [1.165, 1.54) is 12.1 Å². The van der Waals surface area contributed by atoms with Crippen LogP contribution >= 0.6 is 0 Å². The van der Waals surface area contributed by atoms with E-state index in [4.69, 9.17) is 0 Å². The van der Waals surface area contributed by atoms with Gasteiger partial charge in [-0.1, -0.05) is 43.3 Å². The normalized spacial score (nSPS) is 21.6. The van der Waals surface area contributed by atoms with Gasteiger partial charge in [0.1, 0.15) is 0 Å². The predicted molar refractivity (Wildman–Crippen MR) is 127 cm³/mol. The van der Waals surface area contributed by atoms with E-state index in [1.54, 1.807) is 31.2 Å². The van der Waals surface area contributed by atoms with Gasteiger partial charge in [0.2, 0.25) is 15.9 Å². The Hall–Kier alpha value is -2.55. The summed E-state index contributed by atoms with van der Waals surface area (Å²) in [6.45, 7) is 7.90. The molecule has 0 aromatic heterocycles. The molecule has 2 N–H and O–H groups in total. The number of carbonyl (C=O) groups excluding carboxylic acids is 1. The fraction of sp³-hybridized carbons (Fsp3) is 0.480. The highest BCUT2D eigenvalue weighted by molar-refractivity contribution is 7.92. The summed E-state index contributed by atoms with van der Waals surface area (Å²) >= 11 is 0. The predicted octanol–water partition coefficient (Wildman–Crippen LogP) is 5.36. The molecule has 0 aliphatic heterocycles. The van der Waals surface area contributed by atoms with Crippen molar-refractivity contribution in [3.8, 4) is 0 Å². The molecule has 0 heterocycles. The van der Waals surface area contributed by atoms with Gasteiger partial charge in [0.25, 0.3) is 0 Å². The van der Waals surface area contributed by atoms with E-state index >= 15 is 0 Å². The number of hydrogen-bond donors (Lipinski definition) is 2. The monoisotopic (exact) mass is 496 g/mol. The quantitative estimate of drug-likeness (QED) is 0.542. The van der Waals surface area contributed by atoms with Crippen LogP contribution < -0.4 is 10.0 Å². The first-order valence-corrected chi connectivity index (χ1v) is 12.9. The van der Waals surface area contributed by atoms with Gasteiger partial charge in [-0.25, -0.2) is 8.42 Å². The molecule has 34 heavy (non-hydrogen) atoms. The molecule has 186 valence electrons. The van der Waals surface area contributed by atoms with E-state index in [1.807, 2.05) is 19.9 Å². The fourth-order valence-electron chi connectivity index (χ4n) is 4.17. The van der Waals surface area contributed by atoms with Crippen molar-refractivity contribution in [1.82, 2.24) is 5.32 Å². The average Bonchev–Trinajstić information content (AvgIpc) is 3.41. The molecule has 0 radical (unpaired) electrons. The topological polar surface area (TPSA) is 75.3 Å². The molecule has 0 spiro atoms. The number of benzene rings is 2. The lowest BCUT2D eigenvalue weighted by Crippen LogP contribution is -2.36. The third-order valence-electron chi connectivity index (χ3n) is 6.93. The maximum atomic E-state index is 13.3. The van der Waals surface area contributed by atoms with Gasteiger partial charge in [-0.05, 0) is 62.4 Å². The molecule has 1 amide bonds. The number of hydrogen-bond acceptors (Lipinski definition) is 3. The molecule has 5 nitrogen and oxygen atoms in total. The fourth-order valence-corrected chi connectivity index (χ4v) is 4.79. The van der Waals surface area contributed by atoms with E-state index in [2.05, 4.69) is 10.0 Å². The van der Waals surface area contributed by atoms with Crippen molar-refractivity contribution in [2.24, 2.45) is 5.92 Å². The van der Waals surface area contributed by atoms with E-state index in [-0.39, 0.29) is 23.4 Å². The second-order valence-corrected chi connectivity index (χ2v) is 11.8. The number of amides is 1. The Morgan fingerprint density at radius 2 is 1.71 bits per heavy atom. The Morgan fingerprint density at radius 3 is 2.21 bits per heavy atom. The van der Waals surface area contributed by atoms with E-state index in [0.29, 0.717) is 12.1 Å². The van der Waals surface area contributed by atoms with Crippen LogP contribution in [0.15, 0.2) is 42.5 Å². The first kappa shape index (κ1) is 26.1. The third-order valence-corrected chi connectivity index (χ3v) is 7.52. The molecule has 0 bridgehead atoms. The van der Waals surface area contributed by atoms with Gasteiger partial charge in [-0.3, -0.25) is 9.52 Å². The van der Waals surface area contributed by atoms with Gasteiger partial charge in [0.15, 0.2) is 0 Å². The Kier molecular flexibility index (Phi) is 6.58. The Balaban J connectivity index is 1.68. The van der Waals surface area contributed by atoms with Crippen LogP contribution in [0.5, 0.6) is 0 Å². The third kappa shape index (κ3) is 5.24. The molecule has 3 rings (SSSR count). The Morgan fingerprint density at radius 1 is 1.12 bits per heavy atom. The zero-order valence-corrected chi connectivity index (χ0v) is 21.0. The highest BCUT2D eigenvalue weighted by Crippen LogP contribution is 2.54. The van der Waals surface area contributed by atoms with Crippen molar-refractivity contribution in [1.29, 1.82) is 0 Å². The summed E-state index contributed by atoms with van der Waals surface area (Å²) in [5.41, 5.74) is 0.710. The lowest BCUT2D eigenvalue weighted by Gasteiger charge is -2.28. The second-order valence-electron chi connectivity index (χ2n) is 10.1. The highest BCUT2D eigenvalue weighted by atomic mass is 32.2. The summed E-state index contributed by atoms with van der Waals surface area (Å²) in [7, 11) is -3.39. The smallest absolute Gasteiger partial charge is 0.349 e. The Labute approximate surface area is 199 Å². The molecule has 0 saturated heterocycles. The number of halogens is 3. The van der Waals surface area contributed by atoms with E-state index < -0.39 is 27.0 Å². The standard InChI is InChI=1S/C25H31F3N2O3S/c1-15-13-17(7-12-21(15)30-34(6,32)33)16(2)29-22(31)20-14-24(20,5)19-10-8-18(9-11-19)23(3,4)25(26,27)28/h7-13,16,20,30H,14H2,1-6H3,(H,29,31).